The summed E-state index contributed by atoms with van der Waals surface area (Å²) in [6.07, 6.45) is 2.18. The lowest BCUT2D eigenvalue weighted by Crippen LogP contribution is -2.30. The minimum absolute atomic E-state index is 0.0772. The zero-order valence-corrected chi connectivity index (χ0v) is 37.6. The number of rotatable bonds is 7. The minimum atomic E-state index is -2.92. The van der Waals surface area contributed by atoms with Gasteiger partial charge in [-0.05, 0) is 110 Å². The fourth-order valence-electron chi connectivity index (χ4n) is 9.27. The molecule has 1 aliphatic rings. The van der Waals surface area contributed by atoms with E-state index in [-0.39, 0.29) is 27.4 Å². The van der Waals surface area contributed by atoms with Gasteiger partial charge in [-0.2, -0.15) is 0 Å². The molecule has 0 atom stereocenters. The van der Waals surface area contributed by atoms with Crippen molar-refractivity contribution in [2.24, 2.45) is 0 Å². The van der Waals surface area contributed by atoms with Crippen LogP contribution in [0.4, 0.5) is 22.7 Å². The summed E-state index contributed by atoms with van der Waals surface area (Å²) in [5.41, 5.74) is 10.5. The van der Waals surface area contributed by atoms with Crippen molar-refractivity contribution >= 4 is 44.6 Å². The van der Waals surface area contributed by atoms with E-state index >= 15 is 0 Å². The largest absolute Gasteiger partial charge is 0.321 e. The first-order valence-electron chi connectivity index (χ1n) is 24.9. The third kappa shape index (κ3) is 7.38. The molecule has 4 heteroatoms. The lowest BCUT2D eigenvalue weighted by atomic mass is 9.78. The maximum absolute atomic E-state index is 8.82. The second kappa shape index (κ2) is 15.0. The van der Waals surface area contributed by atoms with E-state index in [1.54, 1.807) is 42.5 Å². The van der Waals surface area contributed by atoms with Gasteiger partial charge in [0.25, 0.3) is 0 Å². The van der Waals surface area contributed by atoms with Crippen molar-refractivity contribution in [2.45, 2.75) is 104 Å². The van der Waals surface area contributed by atoms with Crippen LogP contribution in [0.2, 0.25) is 0 Å². The van der Waals surface area contributed by atoms with Crippen LogP contribution >= 0.6 is 0 Å². The highest BCUT2D eigenvalue weighted by atomic mass is 15.4. The molecule has 1 aliphatic heterocycles. The Hall–Kier alpha value is -6.13. The molecule has 314 valence electrons. The maximum Gasteiger partial charge on any atom is 0.137 e. The highest BCUT2D eigenvalue weighted by Crippen LogP contribution is 2.50. The molecule has 9 rings (SSSR count). The second-order valence-electron chi connectivity index (χ2n) is 20.2. The van der Waals surface area contributed by atoms with Gasteiger partial charge in [0.1, 0.15) is 12.5 Å². The van der Waals surface area contributed by atoms with Crippen LogP contribution in [0, 0.1) is 0 Å². The summed E-state index contributed by atoms with van der Waals surface area (Å²) in [6.45, 7) is 15.5. The van der Waals surface area contributed by atoms with Crippen LogP contribution < -0.4 is 9.80 Å². The number of fused-ring (bicyclic) bond motifs is 4. The van der Waals surface area contributed by atoms with Crippen molar-refractivity contribution in [2.75, 3.05) is 16.5 Å². The molecular weight excluding hydrogens is 753 g/mol. The number of nitrogens with zero attached hydrogens (tertiary/aromatic N) is 4. The molecule has 0 amide bonds. The topological polar surface area (TPSA) is 24.3 Å². The summed E-state index contributed by atoms with van der Waals surface area (Å²) in [5.74, 6) is 0.441. The molecule has 0 saturated heterocycles. The first kappa shape index (κ1) is 34.5. The third-order valence-corrected chi connectivity index (χ3v) is 12.6. The van der Waals surface area contributed by atoms with E-state index in [1.807, 2.05) is 22.8 Å². The van der Waals surface area contributed by atoms with E-state index in [0.717, 1.165) is 33.1 Å². The molecule has 6 aromatic carbocycles. The van der Waals surface area contributed by atoms with Crippen molar-refractivity contribution in [1.29, 1.82) is 0 Å². The Morgan fingerprint density at radius 1 is 0.516 bits per heavy atom. The average molecular weight is 821 g/mol. The van der Waals surface area contributed by atoms with Gasteiger partial charge in [-0.1, -0.05) is 173 Å². The van der Waals surface area contributed by atoms with Gasteiger partial charge in [0.05, 0.1) is 28.1 Å². The van der Waals surface area contributed by atoms with Gasteiger partial charge in [-0.25, -0.2) is 4.98 Å². The van der Waals surface area contributed by atoms with Gasteiger partial charge < -0.3 is 9.80 Å². The number of aromatic nitrogens is 2. The number of hydrogen-bond donors (Lipinski definition) is 0. The lowest BCUT2D eigenvalue weighted by Gasteiger charge is -2.35. The maximum atomic E-state index is 8.82. The highest BCUT2D eigenvalue weighted by Gasteiger charge is 2.35. The third-order valence-electron chi connectivity index (χ3n) is 12.6. The molecule has 4 nitrogen and oxygen atoms in total. The Morgan fingerprint density at radius 2 is 1.16 bits per heavy atom. The quantitative estimate of drug-likeness (QED) is 0.160. The number of para-hydroxylation sites is 4. The monoisotopic (exact) mass is 821 g/mol. The van der Waals surface area contributed by atoms with Crippen LogP contribution in [0.5, 0.6) is 0 Å². The normalized spacial score (nSPS) is 15.5. The molecule has 0 saturated carbocycles. The van der Waals surface area contributed by atoms with Crippen molar-refractivity contribution in [3.05, 3.63) is 191 Å². The van der Waals surface area contributed by atoms with Crippen molar-refractivity contribution in [3.63, 3.8) is 0 Å². The zero-order valence-electron chi connectivity index (χ0n) is 43.6. The summed E-state index contributed by atoms with van der Waals surface area (Å²) < 4.78 is 55.0. The second-order valence-corrected chi connectivity index (χ2v) is 20.2. The first-order chi connectivity index (χ1) is 31.9. The van der Waals surface area contributed by atoms with E-state index in [9.17, 15) is 0 Å². The molecule has 3 heterocycles. The molecule has 2 aromatic heterocycles. The Morgan fingerprint density at radius 3 is 1.84 bits per heavy atom. The number of anilines is 4. The summed E-state index contributed by atoms with van der Waals surface area (Å²) in [6, 6.07) is 48.8. The van der Waals surface area contributed by atoms with E-state index in [0.29, 0.717) is 18.9 Å². The van der Waals surface area contributed by atoms with Crippen LogP contribution in [0.1, 0.15) is 123 Å². The van der Waals surface area contributed by atoms with Gasteiger partial charge in [0.15, 0.2) is 0 Å². The van der Waals surface area contributed by atoms with Crippen LogP contribution in [-0.4, -0.2) is 16.2 Å². The molecule has 0 spiro atoms. The first-order valence-corrected chi connectivity index (χ1v) is 21.9. The number of benzene rings is 6. The van der Waals surface area contributed by atoms with E-state index in [1.165, 1.54) is 45.5 Å². The van der Waals surface area contributed by atoms with Crippen LogP contribution in [0.25, 0.3) is 27.6 Å². The van der Waals surface area contributed by atoms with Crippen molar-refractivity contribution in [3.8, 4) is 5.82 Å². The molecule has 62 heavy (non-hydrogen) atoms. The zero-order chi connectivity index (χ0) is 48.8. The molecular formula is C58H62N4. The number of hydrogen-bond acceptors (Lipinski definition) is 3. The van der Waals surface area contributed by atoms with Gasteiger partial charge in [0.2, 0.25) is 0 Å². The molecule has 0 bridgehead atoms. The predicted molar refractivity (Wildman–Crippen MR) is 265 cm³/mol. The smallest absolute Gasteiger partial charge is 0.137 e. The fraction of sp³-hybridized carbons (Fsp3) is 0.293. The summed E-state index contributed by atoms with van der Waals surface area (Å²) in [4.78, 5) is 9.82. The molecule has 0 unspecified atom stereocenters. The SMILES string of the molecule is [2H]C([2H])([2H])C(c1ccccc1)(c1ccnc(-n2c3ccccc3c3ccc(Cc4cc(N5CN(c6c(C(C)(C)C)cccc6C(C)(C)C)c6ccccc65)cc(C(C)(C)C)c4)cc32)c1)C([2H])([2H])[2H]. The van der Waals surface area contributed by atoms with Crippen LogP contribution in [0.15, 0.2) is 152 Å². The van der Waals surface area contributed by atoms with Crippen LogP contribution in [0.3, 0.4) is 0 Å². The highest BCUT2D eigenvalue weighted by molar-refractivity contribution is 6.09. The Labute approximate surface area is 378 Å². The van der Waals surface area contributed by atoms with Crippen molar-refractivity contribution in [1.82, 2.24) is 9.55 Å². The van der Waals surface area contributed by atoms with Gasteiger partial charge >= 0.3 is 0 Å². The fourth-order valence-corrected chi connectivity index (χ4v) is 9.27. The van der Waals surface area contributed by atoms with E-state index in [4.69, 9.17) is 13.2 Å². The summed E-state index contributed by atoms with van der Waals surface area (Å²) >= 11 is 0. The van der Waals surface area contributed by atoms with Gasteiger partial charge in [-0.3, -0.25) is 4.57 Å². The Bertz CT molecular complexity index is 3130. The predicted octanol–water partition coefficient (Wildman–Crippen LogP) is 15.2. The number of pyridine rings is 1. The summed E-state index contributed by atoms with van der Waals surface area (Å²) in [7, 11) is 0. The summed E-state index contributed by atoms with van der Waals surface area (Å²) in [5, 5.41) is 2.03. The van der Waals surface area contributed by atoms with E-state index in [2.05, 4.69) is 157 Å². The Kier molecular flexibility index (Phi) is 8.36. The average Bonchev–Trinajstić information content (AvgIpc) is 3.81. The van der Waals surface area contributed by atoms with Gasteiger partial charge in [0, 0.05) is 36.3 Å². The molecule has 0 radical (unpaired) electrons. The molecule has 0 aliphatic carbocycles. The Balaban J connectivity index is 1.17. The van der Waals surface area contributed by atoms with Crippen LogP contribution in [-0.2, 0) is 28.1 Å². The molecule has 8 aromatic rings. The van der Waals surface area contributed by atoms with E-state index < -0.39 is 19.1 Å². The lowest BCUT2D eigenvalue weighted by molar-refractivity contribution is 0.568. The molecule has 0 N–H and O–H groups in total. The minimum Gasteiger partial charge on any atom is -0.321 e. The standard InChI is InChI=1S/C58H62N4/c1-55(2,3)43-33-40(34-44(36-43)60-38-61(51-27-18-17-26-50(51)60)54-47(56(4,5)6)23-19-24-48(54)57(7,8)9)32-39-28-29-46-45-22-15-16-25-49(45)62(52(46)35-39)53-37-42(30-31-59-53)58(10,11)41-20-13-12-14-21-41/h12-31,33-37H,32,38H2,1-11H3/i10D3,11D3. The van der Waals surface area contributed by atoms with Crippen molar-refractivity contribution < 1.29 is 8.22 Å². The van der Waals surface area contributed by atoms with Gasteiger partial charge in [-0.15, -0.1) is 0 Å². The molecule has 0 fully saturated rings.